The van der Waals surface area contributed by atoms with Crippen molar-refractivity contribution in [2.45, 2.75) is 26.2 Å². The standard InChI is InChI=1S/C57H66N6O13/c1-69-24-26-71-28-30-73-32-34-75-52-14-10-44(11-15-52)6-8-46-36-50(59-54(38-46)56(65)66)42-61-18-19-62(22-23-64)40-48-4-3-5-49(58-48)41-63(21-20-61)43-51-37-47(39-55(60-51)57(67)68)9-7-45-12-16-53(17-13-45)76-35-33-74-31-29-72-27-25-70-2/h3-5,10-17,23,36-39H,18-22,24-35,40-43H2,1-2H3,(H,65,66)(H,67,68). The van der Waals surface area contributed by atoms with Crippen LogP contribution in [0.4, 0.5) is 0 Å². The summed E-state index contributed by atoms with van der Waals surface area (Å²) in [5.41, 5.74) is 4.71. The fourth-order valence-electron chi connectivity index (χ4n) is 7.64. The van der Waals surface area contributed by atoms with Crippen molar-refractivity contribution < 1.29 is 62.5 Å². The van der Waals surface area contributed by atoms with Crippen molar-refractivity contribution in [3.8, 4) is 35.2 Å². The van der Waals surface area contributed by atoms with Gasteiger partial charge in [0, 0.05) is 88.8 Å². The third-order valence-corrected chi connectivity index (χ3v) is 11.4. The van der Waals surface area contributed by atoms with Gasteiger partial charge in [-0.3, -0.25) is 19.7 Å². The van der Waals surface area contributed by atoms with E-state index in [9.17, 15) is 24.6 Å². The zero-order valence-electron chi connectivity index (χ0n) is 43.2. The number of hydrogen-bond donors (Lipinski definition) is 2. The van der Waals surface area contributed by atoms with Gasteiger partial charge in [0.2, 0.25) is 0 Å². The minimum absolute atomic E-state index is 0.135. The number of rotatable bonds is 28. The van der Waals surface area contributed by atoms with Crippen LogP contribution in [-0.2, 0) is 59.4 Å². The Balaban J connectivity index is 1.14. The number of ether oxygens (including phenoxy) is 8. The molecular formula is C57H66N6O13. The summed E-state index contributed by atoms with van der Waals surface area (Å²) in [5, 5.41) is 20.3. The molecule has 0 amide bonds. The van der Waals surface area contributed by atoms with E-state index in [1.807, 2.05) is 71.6 Å². The van der Waals surface area contributed by atoms with Gasteiger partial charge in [-0.2, -0.15) is 0 Å². The lowest BCUT2D eigenvalue weighted by molar-refractivity contribution is -0.109. The van der Waals surface area contributed by atoms with Crippen LogP contribution >= 0.6 is 0 Å². The molecular weight excluding hydrogens is 977 g/mol. The molecule has 1 aliphatic rings. The Bertz CT molecular complexity index is 2720. The first-order valence-corrected chi connectivity index (χ1v) is 25.0. The van der Waals surface area contributed by atoms with Crippen molar-refractivity contribution >= 4 is 18.2 Å². The quantitative estimate of drug-likeness (QED) is 0.0395. The summed E-state index contributed by atoms with van der Waals surface area (Å²) in [6.45, 7) is 9.08. The van der Waals surface area contributed by atoms with E-state index >= 15 is 0 Å². The molecule has 0 saturated heterocycles. The van der Waals surface area contributed by atoms with E-state index in [2.05, 4.69) is 43.4 Å². The maximum atomic E-state index is 12.4. The largest absolute Gasteiger partial charge is 0.491 e. The van der Waals surface area contributed by atoms with Gasteiger partial charge in [-0.15, -0.1) is 0 Å². The van der Waals surface area contributed by atoms with E-state index in [4.69, 9.17) is 42.9 Å². The number of nitrogens with zero attached hydrogens (tertiary/aromatic N) is 6. The van der Waals surface area contributed by atoms with Crippen LogP contribution in [0.5, 0.6) is 11.5 Å². The molecule has 2 bridgehead atoms. The number of carbonyl (C=O) groups excluding carboxylic acids is 1. The normalized spacial score (nSPS) is 13.3. The summed E-state index contributed by atoms with van der Waals surface area (Å²) in [4.78, 5) is 56.9. The van der Waals surface area contributed by atoms with Crippen molar-refractivity contribution in [2.24, 2.45) is 0 Å². The number of hydrogen-bond acceptors (Lipinski definition) is 17. The van der Waals surface area contributed by atoms with E-state index in [-0.39, 0.29) is 31.0 Å². The van der Waals surface area contributed by atoms with Gasteiger partial charge in [0.25, 0.3) is 0 Å². The molecule has 0 aliphatic carbocycles. The molecule has 3 aromatic heterocycles. The van der Waals surface area contributed by atoms with Crippen LogP contribution < -0.4 is 9.47 Å². The van der Waals surface area contributed by atoms with Crippen LogP contribution in [0.1, 0.15) is 66.0 Å². The summed E-state index contributed by atoms with van der Waals surface area (Å²) in [6.07, 6.45) is 0.873. The number of aromatic carboxylic acids is 2. The molecule has 0 radical (unpaired) electrons. The van der Waals surface area contributed by atoms with Crippen LogP contribution in [0.3, 0.4) is 0 Å². The van der Waals surface area contributed by atoms with E-state index in [0.717, 1.165) is 17.7 Å². The topological polar surface area (TPSA) is 214 Å². The molecule has 0 spiro atoms. The molecule has 0 fully saturated rings. The number of carboxylic acids is 2. The lowest BCUT2D eigenvalue weighted by atomic mass is 10.1. The average Bonchev–Trinajstić information content (AvgIpc) is 3.42. The highest BCUT2D eigenvalue weighted by Gasteiger charge is 2.20. The molecule has 0 atom stereocenters. The number of methoxy groups -OCH3 is 2. The summed E-state index contributed by atoms with van der Waals surface area (Å²) in [5.74, 6) is 11.5. The molecule has 0 saturated carbocycles. The van der Waals surface area contributed by atoms with Gasteiger partial charge in [-0.25, -0.2) is 19.6 Å². The summed E-state index contributed by atoms with van der Waals surface area (Å²) in [6, 6.07) is 26.9. The van der Waals surface area contributed by atoms with Crippen molar-refractivity contribution in [2.75, 3.05) is 126 Å². The van der Waals surface area contributed by atoms with E-state index < -0.39 is 11.9 Å². The molecule has 76 heavy (non-hydrogen) atoms. The molecule has 2 aromatic carbocycles. The third-order valence-electron chi connectivity index (χ3n) is 11.4. The van der Waals surface area contributed by atoms with E-state index in [1.54, 1.807) is 26.4 Å². The highest BCUT2D eigenvalue weighted by atomic mass is 16.6. The molecule has 4 heterocycles. The van der Waals surface area contributed by atoms with Crippen molar-refractivity contribution in [3.05, 3.63) is 147 Å². The summed E-state index contributed by atoms with van der Waals surface area (Å²) < 4.78 is 43.4. The first kappa shape index (κ1) is 58.1. The number of fused-ring (bicyclic) bond motifs is 2. The van der Waals surface area contributed by atoms with Crippen molar-refractivity contribution in [1.29, 1.82) is 0 Å². The van der Waals surface area contributed by atoms with Crippen LogP contribution in [0, 0.1) is 23.7 Å². The Morgan fingerprint density at radius 1 is 0.500 bits per heavy atom. The van der Waals surface area contributed by atoms with Gasteiger partial charge in [-0.05, 0) is 84.9 Å². The Labute approximate surface area is 444 Å². The number of carbonyl (C=O) groups is 3. The average molecular weight is 1040 g/mol. The molecule has 0 unspecified atom stereocenters. The van der Waals surface area contributed by atoms with Gasteiger partial charge in [-0.1, -0.05) is 29.7 Å². The molecule has 1 aliphatic heterocycles. The minimum atomic E-state index is -1.18. The van der Waals surface area contributed by atoms with Gasteiger partial charge in [0.1, 0.15) is 42.4 Å². The minimum Gasteiger partial charge on any atom is -0.491 e. The van der Waals surface area contributed by atoms with Crippen molar-refractivity contribution in [3.63, 3.8) is 0 Å². The second-order valence-electron chi connectivity index (χ2n) is 17.3. The second kappa shape index (κ2) is 33.0. The molecule has 6 rings (SSSR count). The zero-order valence-corrected chi connectivity index (χ0v) is 43.2. The Morgan fingerprint density at radius 3 is 1.34 bits per heavy atom. The second-order valence-corrected chi connectivity index (χ2v) is 17.3. The smallest absolute Gasteiger partial charge is 0.354 e. The van der Waals surface area contributed by atoms with Gasteiger partial charge >= 0.3 is 11.9 Å². The molecule has 2 N–H and O–H groups in total. The summed E-state index contributed by atoms with van der Waals surface area (Å²) in [7, 11) is 3.25. The first-order valence-electron chi connectivity index (χ1n) is 25.0. The zero-order chi connectivity index (χ0) is 53.6. The Morgan fingerprint density at radius 2 is 0.895 bits per heavy atom. The maximum Gasteiger partial charge on any atom is 0.354 e. The van der Waals surface area contributed by atoms with Crippen LogP contribution in [0.15, 0.2) is 91.0 Å². The summed E-state index contributed by atoms with van der Waals surface area (Å²) >= 11 is 0. The SMILES string of the molecule is COCCOCCOCCOc1ccc(C#Cc2cc(CN3CCN(CC=O)Cc4cccc(n4)CN(Cc4cc(C#Cc5ccc(OCCOCCOCCOC)cc5)cc(C(=O)O)n4)CC3)nc(C(=O)O)c2)cc1. The highest BCUT2D eigenvalue weighted by Crippen LogP contribution is 2.18. The molecule has 19 nitrogen and oxygen atoms in total. The predicted octanol–water partition coefficient (Wildman–Crippen LogP) is 4.70. The number of aromatic nitrogens is 3. The Hall–Kier alpha value is -7.14. The fourth-order valence-corrected chi connectivity index (χ4v) is 7.64. The molecule has 5 aromatic rings. The molecule has 19 heteroatoms. The lowest BCUT2D eigenvalue weighted by Crippen LogP contribution is -2.40. The number of carboxylic acid groups (broad SMARTS) is 2. The van der Waals surface area contributed by atoms with Crippen LogP contribution in [0.25, 0.3) is 0 Å². The first-order chi connectivity index (χ1) is 37.2. The lowest BCUT2D eigenvalue weighted by Gasteiger charge is -2.30. The number of benzene rings is 2. The van der Waals surface area contributed by atoms with Crippen LogP contribution in [0.2, 0.25) is 0 Å². The highest BCUT2D eigenvalue weighted by molar-refractivity contribution is 5.86. The fraction of sp³-hybridized carbons (Fsp3) is 0.404. The maximum absolute atomic E-state index is 12.4. The number of pyridine rings is 3. The predicted molar refractivity (Wildman–Crippen MR) is 280 cm³/mol. The van der Waals surface area contributed by atoms with E-state index in [0.29, 0.717) is 164 Å². The molecule has 402 valence electrons. The van der Waals surface area contributed by atoms with E-state index in [1.165, 1.54) is 12.1 Å². The monoisotopic (exact) mass is 1040 g/mol. The van der Waals surface area contributed by atoms with Crippen LogP contribution in [-0.4, -0.2) is 184 Å². The Kier molecular flexibility index (Phi) is 25.2. The number of aldehydes is 1. The van der Waals surface area contributed by atoms with Gasteiger partial charge < -0.3 is 52.9 Å². The third kappa shape index (κ3) is 21.6. The van der Waals surface area contributed by atoms with Gasteiger partial charge in [0.05, 0.1) is 95.4 Å². The van der Waals surface area contributed by atoms with Crippen molar-refractivity contribution in [1.82, 2.24) is 29.7 Å². The van der Waals surface area contributed by atoms with Gasteiger partial charge in [0.15, 0.2) is 0 Å².